The van der Waals surface area contributed by atoms with Crippen LogP contribution in [-0.2, 0) is 16.0 Å². The SMILES string of the molecule is CCNC(=O)[C@@H](NC(=O)[C@H](C)NC[C@H](Cc1ccc(Br)cc1)NI)C(C)C. The molecule has 0 saturated heterocycles. The average molecular weight is 553 g/mol. The van der Waals surface area contributed by atoms with Gasteiger partial charge >= 0.3 is 0 Å². The van der Waals surface area contributed by atoms with E-state index in [0.717, 1.165) is 10.9 Å². The molecule has 1 aromatic rings. The van der Waals surface area contributed by atoms with Gasteiger partial charge < -0.3 is 16.0 Å². The van der Waals surface area contributed by atoms with Gasteiger partial charge in [-0.3, -0.25) is 13.1 Å². The monoisotopic (exact) mass is 552 g/mol. The van der Waals surface area contributed by atoms with Gasteiger partial charge in [-0.25, -0.2) is 0 Å². The van der Waals surface area contributed by atoms with Crippen LogP contribution in [-0.4, -0.2) is 43.0 Å². The summed E-state index contributed by atoms with van der Waals surface area (Å²) in [5, 5.41) is 8.89. The van der Waals surface area contributed by atoms with Crippen LogP contribution in [0.3, 0.4) is 0 Å². The number of halogens is 2. The molecule has 0 aliphatic rings. The van der Waals surface area contributed by atoms with Crippen molar-refractivity contribution in [1.29, 1.82) is 0 Å². The van der Waals surface area contributed by atoms with Crippen LogP contribution in [0.25, 0.3) is 0 Å². The largest absolute Gasteiger partial charge is 0.355 e. The molecule has 27 heavy (non-hydrogen) atoms. The summed E-state index contributed by atoms with van der Waals surface area (Å²) in [5.41, 5.74) is 1.22. The van der Waals surface area contributed by atoms with Crippen molar-refractivity contribution < 1.29 is 9.59 Å². The number of carbonyl (C=O) groups excluding carboxylic acids is 2. The molecule has 0 aromatic heterocycles. The molecule has 0 radical (unpaired) electrons. The maximum atomic E-state index is 12.5. The Kier molecular flexibility index (Phi) is 11.4. The van der Waals surface area contributed by atoms with E-state index >= 15 is 0 Å². The summed E-state index contributed by atoms with van der Waals surface area (Å²) in [5.74, 6) is -0.292. The first-order valence-electron chi connectivity index (χ1n) is 9.20. The van der Waals surface area contributed by atoms with Crippen LogP contribution in [0.1, 0.15) is 33.3 Å². The number of carbonyl (C=O) groups is 2. The zero-order valence-electron chi connectivity index (χ0n) is 16.3. The molecule has 6 nitrogen and oxygen atoms in total. The summed E-state index contributed by atoms with van der Waals surface area (Å²) in [7, 11) is 0. The van der Waals surface area contributed by atoms with E-state index < -0.39 is 12.1 Å². The van der Waals surface area contributed by atoms with Gasteiger partial charge in [-0.05, 0) is 43.9 Å². The molecular weight excluding hydrogens is 523 g/mol. The minimum absolute atomic E-state index is 0.0221. The standard InChI is InChI=1S/C19H30BrIN4O2/c1-5-22-19(27)17(12(2)3)24-18(26)13(4)23-11-16(25-21)10-14-6-8-15(20)9-7-14/h6-9,12-13,16-17,23,25H,5,10-11H2,1-4H3,(H,22,27)(H,24,26)/t13-,16-,17-/m0/s1. The number of nitrogens with one attached hydrogen (secondary N) is 4. The van der Waals surface area contributed by atoms with Crippen molar-refractivity contribution in [3.05, 3.63) is 34.3 Å². The zero-order valence-corrected chi connectivity index (χ0v) is 20.1. The summed E-state index contributed by atoms with van der Waals surface area (Å²) in [6.07, 6.45) is 0.852. The highest BCUT2D eigenvalue weighted by molar-refractivity contribution is 14.1. The molecule has 3 atom stereocenters. The maximum Gasteiger partial charge on any atom is 0.242 e. The van der Waals surface area contributed by atoms with Gasteiger partial charge in [-0.15, -0.1) is 0 Å². The molecule has 0 unspecified atom stereocenters. The van der Waals surface area contributed by atoms with Gasteiger partial charge in [0.1, 0.15) is 6.04 Å². The molecule has 4 N–H and O–H groups in total. The molecule has 0 saturated carbocycles. The number of hydrogen-bond donors (Lipinski definition) is 4. The van der Waals surface area contributed by atoms with Crippen LogP contribution >= 0.6 is 38.8 Å². The van der Waals surface area contributed by atoms with Crippen molar-refractivity contribution in [2.24, 2.45) is 5.92 Å². The fourth-order valence-electron chi connectivity index (χ4n) is 2.56. The second kappa shape index (κ2) is 12.7. The van der Waals surface area contributed by atoms with E-state index in [0.29, 0.717) is 13.1 Å². The van der Waals surface area contributed by atoms with Crippen molar-refractivity contribution in [2.75, 3.05) is 13.1 Å². The van der Waals surface area contributed by atoms with Crippen molar-refractivity contribution in [1.82, 2.24) is 19.5 Å². The van der Waals surface area contributed by atoms with Crippen LogP contribution < -0.4 is 19.5 Å². The molecule has 0 aliphatic carbocycles. The van der Waals surface area contributed by atoms with E-state index in [4.69, 9.17) is 0 Å². The van der Waals surface area contributed by atoms with Crippen molar-refractivity contribution in [2.45, 2.75) is 52.2 Å². The lowest BCUT2D eigenvalue weighted by Gasteiger charge is -2.24. The van der Waals surface area contributed by atoms with E-state index in [1.54, 1.807) is 0 Å². The summed E-state index contributed by atoms with van der Waals surface area (Å²) >= 11 is 5.58. The Hall–Kier alpha value is -0.710. The minimum atomic E-state index is -0.525. The number of rotatable bonds is 11. The molecular formula is C19H30BrIN4O2. The molecule has 152 valence electrons. The highest BCUT2D eigenvalue weighted by Crippen LogP contribution is 2.12. The van der Waals surface area contributed by atoms with Crippen LogP contribution in [0.2, 0.25) is 0 Å². The zero-order chi connectivity index (χ0) is 20.4. The van der Waals surface area contributed by atoms with E-state index in [2.05, 4.69) is 70.4 Å². The third-order valence-electron chi connectivity index (χ3n) is 4.21. The van der Waals surface area contributed by atoms with Gasteiger partial charge in [0.05, 0.1) is 6.04 Å². The fourth-order valence-corrected chi connectivity index (χ4v) is 3.27. The second-order valence-electron chi connectivity index (χ2n) is 6.89. The van der Waals surface area contributed by atoms with E-state index in [1.165, 1.54) is 5.56 Å². The lowest BCUT2D eigenvalue weighted by atomic mass is 10.0. The number of benzene rings is 1. The predicted molar refractivity (Wildman–Crippen MR) is 122 cm³/mol. The molecule has 0 spiro atoms. The highest BCUT2D eigenvalue weighted by atomic mass is 127. The van der Waals surface area contributed by atoms with Gasteiger partial charge in [0.2, 0.25) is 11.8 Å². The van der Waals surface area contributed by atoms with Crippen LogP contribution in [0.5, 0.6) is 0 Å². The summed E-state index contributed by atoms with van der Waals surface area (Å²) in [4.78, 5) is 24.6. The Labute approximate surface area is 184 Å². The predicted octanol–water partition coefficient (Wildman–Crippen LogP) is 2.55. The first kappa shape index (κ1) is 24.3. The molecule has 0 fully saturated rings. The Bertz CT molecular complexity index is 598. The summed E-state index contributed by atoms with van der Waals surface area (Å²) < 4.78 is 4.31. The van der Waals surface area contributed by atoms with Gasteiger partial charge in [-0.1, -0.05) is 41.9 Å². The molecule has 1 aromatic carbocycles. The minimum Gasteiger partial charge on any atom is -0.355 e. The average Bonchev–Trinajstić information content (AvgIpc) is 2.63. The van der Waals surface area contributed by atoms with Gasteiger partial charge in [0, 0.05) is 46.5 Å². The van der Waals surface area contributed by atoms with E-state index in [-0.39, 0.29) is 23.8 Å². The number of hydrogen-bond acceptors (Lipinski definition) is 4. The molecule has 8 heteroatoms. The molecule has 0 aliphatic heterocycles. The fraction of sp³-hybridized carbons (Fsp3) is 0.579. The lowest BCUT2D eigenvalue weighted by molar-refractivity contribution is -0.130. The van der Waals surface area contributed by atoms with E-state index in [9.17, 15) is 9.59 Å². The van der Waals surface area contributed by atoms with Crippen molar-refractivity contribution in [3.8, 4) is 0 Å². The number of amides is 2. The van der Waals surface area contributed by atoms with Crippen molar-refractivity contribution >= 4 is 50.6 Å². The summed E-state index contributed by atoms with van der Waals surface area (Å²) in [6, 6.07) is 7.49. The van der Waals surface area contributed by atoms with Crippen LogP contribution in [0, 0.1) is 5.92 Å². The molecule has 0 heterocycles. The number of likely N-dealkylation sites (N-methyl/N-ethyl adjacent to an activating group) is 1. The summed E-state index contributed by atoms with van der Waals surface area (Å²) in [6.45, 7) is 8.71. The Morgan fingerprint density at radius 1 is 1.11 bits per heavy atom. The Morgan fingerprint density at radius 3 is 2.26 bits per heavy atom. The quantitative estimate of drug-likeness (QED) is 0.251. The van der Waals surface area contributed by atoms with Gasteiger partial charge in [0.15, 0.2) is 0 Å². The molecule has 2 amide bonds. The van der Waals surface area contributed by atoms with Gasteiger partial charge in [0.25, 0.3) is 0 Å². The molecule has 1 rings (SSSR count). The van der Waals surface area contributed by atoms with Crippen LogP contribution in [0.4, 0.5) is 0 Å². The lowest BCUT2D eigenvalue weighted by Crippen LogP contribution is -2.55. The van der Waals surface area contributed by atoms with Gasteiger partial charge in [-0.2, -0.15) is 0 Å². The first-order valence-corrected chi connectivity index (χ1v) is 11.1. The second-order valence-corrected chi connectivity index (χ2v) is 8.43. The highest BCUT2D eigenvalue weighted by Gasteiger charge is 2.25. The van der Waals surface area contributed by atoms with Crippen LogP contribution in [0.15, 0.2) is 28.7 Å². The first-order chi connectivity index (χ1) is 12.8. The smallest absolute Gasteiger partial charge is 0.242 e. The topological polar surface area (TPSA) is 82.3 Å². The Balaban J connectivity index is 2.54. The third kappa shape index (κ3) is 8.89. The molecule has 0 bridgehead atoms. The third-order valence-corrected chi connectivity index (χ3v) is 5.62. The maximum absolute atomic E-state index is 12.5. The Morgan fingerprint density at radius 2 is 1.74 bits per heavy atom. The van der Waals surface area contributed by atoms with E-state index in [1.807, 2.05) is 39.8 Å². The van der Waals surface area contributed by atoms with Crippen molar-refractivity contribution in [3.63, 3.8) is 0 Å². The normalized spacial score (nSPS) is 14.5.